The van der Waals surface area contributed by atoms with Gasteiger partial charge in [-0.3, -0.25) is 9.69 Å². The van der Waals surface area contributed by atoms with E-state index in [2.05, 4.69) is 11.8 Å². The Hall–Kier alpha value is -1.55. The number of anilines is 1. The van der Waals surface area contributed by atoms with E-state index in [0.29, 0.717) is 6.54 Å². The summed E-state index contributed by atoms with van der Waals surface area (Å²) in [7, 11) is 0. The third-order valence-electron chi connectivity index (χ3n) is 3.12. The predicted octanol–water partition coefficient (Wildman–Crippen LogP) is 2.59. The van der Waals surface area contributed by atoms with Gasteiger partial charge in [-0.2, -0.15) is 0 Å². The minimum absolute atomic E-state index is 0.542. The van der Waals surface area contributed by atoms with Crippen molar-refractivity contribution in [3.05, 3.63) is 29.8 Å². The Bertz CT molecular complexity index is 413. The van der Waals surface area contributed by atoms with Crippen molar-refractivity contribution in [1.82, 2.24) is 4.90 Å². The van der Waals surface area contributed by atoms with E-state index in [-0.39, 0.29) is 0 Å². The molecule has 0 amide bonds. The molecule has 0 fully saturated rings. The zero-order chi connectivity index (χ0) is 14.5. The van der Waals surface area contributed by atoms with Crippen LogP contribution in [0.5, 0.6) is 0 Å². The highest BCUT2D eigenvalue weighted by atomic mass is 16.4. The first-order valence-corrected chi connectivity index (χ1v) is 6.65. The van der Waals surface area contributed by atoms with Crippen LogP contribution in [0.4, 0.5) is 5.69 Å². The van der Waals surface area contributed by atoms with Crippen molar-refractivity contribution in [1.29, 1.82) is 0 Å². The molecule has 106 valence electrons. The molecule has 0 atom stereocenters. The molecular weight excluding hydrogens is 240 g/mol. The third-order valence-corrected chi connectivity index (χ3v) is 3.12. The number of carboxylic acids is 1. The lowest BCUT2D eigenvalue weighted by molar-refractivity contribution is -0.148. The molecule has 0 aromatic heterocycles. The number of aliphatic carboxylic acids is 1. The zero-order valence-electron chi connectivity index (χ0n) is 12.0. The second kappa shape index (κ2) is 6.57. The second-order valence-electron chi connectivity index (χ2n) is 5.64. The summed E-state index contributed by atoms with van der Waals surface area (Å²) in [5.41, 5.74) is 6.84. The van der Waals surface area contributed by atoms with Gasteiger partial charge in [0.1, 0.15) is 0 Å². The highest BCUT2D eigenvalue weighted by Crippen LogP contribution is 2.19. The van der Waals surface area contributed by atoms with Crippen LogP contribution in [0.25, 0.3) is 0 Å². The van der Waals surface area contributed by atoms with Crippen LogP contribution in [0, 0.1) is 5.41 Å². The maximum absolute atomic E-state index is 11.2. The van der Waals surface area contributed by atoms with E-state index in [9.17, 15) is 9.90 Å². The van der Waals surface area contributed by atoms with E-state index < -0.39 is 11.4 Å². The van der Waals surface area contributed by atoms with Gasteiger partial charge in [-0.25, -0.2) is 0 Å². The van der Waals surface area contributed by atoms with E-state index in [1.54, 1.807) is 13.8 Å². The third kappa shape index (κ3) is 4.91. The van der Waals surface area contributed by atoms with Gasteiger partial charge in [0.25, 0.3) is 0 Å². The van der Waals surface area contributed by atoms with Crippen molar-refractivity contribution in [3.8, 4) is 0 Å². The first kappa shape index (κ1) is 15.5. The SMILES string of the molecule is CCCN(Cc1ccc(N)cc1)CC(C)(C)C(=O)O. The molecule has 0 radical (unpaired) electrons. The summed E-state index contributed by atoms with van der Waals surface area (Å²) < 4.78 is 0. The van der Waals surface area contributed by atoms with Gasteiger partial charge in [0.2, 0.25) is 0 Å². The molecule has 1 aromatic rings. The monoisotopic (exact) mass is 264 g/mol. The molecule has 1 aromatic carbocycles. The summed E-state index contributed by atoms with van der Waals surface area (Å²) in [5.74, 6) is -0.758. The molecule has 0 aliphatic heterocycles. The first-order valence-electron chi connectivity index (χ1n) is 6.65. The molecule has 19 heavy (non-hydrogen) atoms. The smallest absolute Gasteiger partial charge is 0.310 e. The summed E-state index contributed by atoms with van der Waals surface area (Å²) in [5, 5.41) is 9.22. The summed E-state index contributed by atoms with van der Waals surface area (Å²) >= 11 is 0. The second-order valence-corrected chi connectivity index (χ2v) is 5.64. The maximum Gasteiger partial charge on any atom is 0.310 e. The number of hydrogen-bond acceptors (Lipinski definition) is 3. The van der Waals surface area contributed by atoms with Gasteiger partial charge in [0.05, 0.1) is 5.41 Å². The molecule has 0 bridgehead atoms. The number of carboxylic acid groups (broad SMARTS) is 1. The topological polar surface area (TPSA) is 66.6 Å². The number of nitrogens with zero attached hydrogens (tertiary/aromatic N) is 1. The van der Waals surface area contributed by atoms with Crippen molar-refractivity contribution in [2.24, 2.45) is 5.41 Å². The number of nitrogen functional groups attached to an aromatic ring is 1. The Morgan fingerprint density at radius 3 is 2.37 bits per heavy atom. The standard InChI is InChI=1S/C15H24N2O2/c1-4-9-17(11-15(2,3)14(18)19)10-12-5-7-13(16)8-6-12/h5-8H,4,9-11,16H2,1-3H3,(H,18,19). The van der Waals surface area contributed by atoms with Crippen LogP contribution in [0.3, 0.4) is 0 Å². The van der Waals surface area contributed by atoms with Crippen LogP contribution in [0.1, 0.15) is 32.8 Å². The molecule has 0 heterocycles. The number of carbonyl (C=O) groups is 1. The Balaban J connectivity index is 2.72. The Labute approximate surface area is 115 Å². The molecule has 0 aliphatic rings. The van der Waals surface area contributed by atoms with E-state index in [1.807, 2.05) is 24.3 Å². The van der Waals surface area contributed by atoms with E-state index in [0.717, 1.165) is 30.8 Å². The average molecular weight is 264 g/mol. The normalized spacial score (nSPS) is 11.8. The fraction of sp³-hybridized carbons (Fsp3) is 0.533. The minimum Gasteiger partial charge on any atom is -0.481 e. The van der Waals surface area contributed by atoms with Crippen molar-refractivity contribution >= 4 is 11.7 Å². The van der Waals surface area contributed by atoms with Crippen molar-refractivity contribution in [2.45, 2.75) is 33.7 Å². The number of rotatable bonds is 7. The average Bonchev–Trinajstić information content (AvgIpc) is 2.31. The summed E-state index contributed by atoms with van der Waals surface area (Å²) in [4.78, 5) is 13.4. The van der Waals surface area contributed by atoms with Crippen molar-refractivity contribution in [3.63, 3.8) is 0 Å². The molecule has 1 rings (SSSR count). The van der Waals surface area contributed by atoms with Crippen LogP contribution < -0.4 is 5.73 Å². The van der Waals surface area contributed by atoms with Crippen LogP contribution in [-0.4, -0.2) is 29.1 Å². The van der Waals surface area contributed by atoms with Gasteiger partial charge < -0.3 is 10.8 Å². The molecule has 4 heteroatoms. The fourth-order valence-corrected chi connectivity index (χ4v) is 2.04. The summed E-state index contributed by atoms with van der Waals surface area (Å²) in [6.45, 7) is 7.82. The Kier molecular flexibility index (Phi) is 5.36. The molecular formula is C15H24N2O2. The van der Waals surface area contributed by atoms with Gasteiger partial charge in [0.15, 0.2) is 0 Å². The number of hydrogen-bond donors (Lipinski definition) is 2. The number of nitrogens with two attached hydrogens (primary N) is 1. The van der Waals surface area contributed by atoms with Crippen LogP contribution in [-0.2, 0) is 11.3 Å². The van der Waals surface area contributed by atoms with Gasteiger partial charge in [-0.1, -0.05) is 19.1 Å². The van der Waals surface area contributed by atoms with Gasteiger partial charge in [0, 0.05) is 18.8 Å². The van der Waals surface area contributed by atoms with E-state index in [4.69, 9.17) is 5.73 Å². The minimum atomic E-state index is -0.758. The van der Waals surface area contributed by atoms with E-state index in [1.165, 1.54) is 0 Å². The van der Waals surface area contributed by atoms with Crippen LogP contribution >= 0.6 is 0 Å². The quantitative estimate of drug-likeness (QED) is 0.743. The highest BCUT2D eigenvalue weighted by molar-refractivity contribution is 5.73. The number of benzene rings is 1. The van der Waals surface area contributed by atoms with Gasteiger partial charge >= 0.3 is 5.97 Å². The molecule has 3 N–H and O–H groups in total. The predicted molar refractivity (Wildman–Crippen MR) is 77.8 cm³/mol. The Morgan fingerprint density at radius 1 is 1.32 bits per heavy atom. The molecule has 0 saturated heterocycles. The zero-order valence-corrected chi connectivity index (χ0v) is 12.0. The highest BCUT2D eigenvalue weighted by Gasteiger charge is 2.29. The van der Waals surface area contributed by atoms with Crippen molar-refractivity contribution < 1.29 is 9.90 Å². The lowest BCUT2D eigenvalue weighted by Gasteiger charge is -2.29. The van der Waals surface area contributed by atoms with Crippen LogP contribution in [0.2, 0.25) is 0 Å². The lowest BCUT2D eigenvalue weighted by Crippen LogP contribution is -2.39. The largest absolute Gasteiger partial charge is 0.481 e. The molecule has 4 nitrogen and oxygen atoms in total. The fourth-order valence-electron chi connectivity index (χ4n) is 2.04. The molecule has 0 spiro atoms. The molecule has 0 aliphatic carbocycles. The summed E-state index contributed by atoms with van der Waals surface area (Å²) in [6.07, 6.45) is 1.00. The van der Waals surface area contributed by atoms with Gasteiger partial charge in [-0.05, 0) is 44.5 Å². The molecule has 0 unspecified atom stereocenters. The maximum atomic E-state index is 11.2. The summed E-state index contributed by atoms with van der Waals surface area (Å²) in [6, 6.07) is 7.74. The van der Waals surface area contributed by atoms with Gasteiger partial charge in [-0.15, -0.1) is 0 Å². The first-order chi connectivity index (χ1) is 8.85. The van der Waals surface area contributed by atoms with Crippen LogP contribution in [0.15, 0.2) is 24.3 Å². The molecule has 0 saturated carbocycles. The van der Waals surface area contributed by atoms with Crippen molar-refractivity contribution in [2.75, 3.05) is 18.8 Å². The lowest BCUT2D eigenvalue weighted by atomic mass is 9.93. The van der Waals surface area contributed by atoms with E-state index >= 15 is 0 Å². The Morgan fingerprint density at radius 2 is 1.89 bits per heavy atom.